The lowest BCUT2D eigenvalue weighted by Gasteiger charge is -2.35. The Bertz CT molecular complexity index is 133. The first kappa shape index (κ1) is 16.4. The van der Waals surface area contributed by atoms with Crippen LogP contribution in [0.15, 0.2) is 0 Å². The molecular formula is C14H33Si2. The maximum atomic E-state index is 2.61. The normalized spacial score (nSPS) is 12.4. The number of hydrogen-bond acceptors (Lipinski definition) is 0. The summed E-state index contributed by atoms with van der Waals surface area (Å²) >= 11 is 0. The van der Waals surface area contributed by atoms with Gasteiger partial charge in [0, 0.05) is 15.9 Å². The fourth-order valence-corrected chi connectivity index (χ4v) is 14.1. The highest BCUT2D eigenvalue weighted by Crippen LogP contribution is 2.30. The van der Waals surface area contributed by atoms with Gasteiger partial charge >= 0.3 is 0 Å². The van der Waals surface area contributed by atoms with E-state index < -0.39 is 7.59 Å². The van der Waals surface area contributed by atoms with Crippen molar-refractivity contribution in [1.82, 2.24) is 0 Å². The summed E-state index contributed by atoms with van der Waals surface area (Å²) in [4.78, 5) is 0. The zero-order valence-corrected chi connectivity index (χ0v) is 14.4. The minimum Gasteiger partial charge on any atom is -0.0733 e. The fourth-order valence-electron chi connectivity index (χ4n) is 2.67. The average Bonchev–Trinajstić information content (AvgIpc) is 2.28. The van der Waals surface area contributed by atoms with Gasteiger partial charge in [-0.3, -0.25) is 0 Å². The van der Waals surface area contributed by atoms with Gasteiger partial charge in [0.25, 0.3) is 0 Å². The summed E-state index contributed by atoms with van der Waals surface area (Å²) in [6, 6.07) is 4.93. The standard InChI is InChI=1S/C14H33Si2/c1-6-9-12-16(15(4)5,13-10-7-2)14-11-8-3/h6-14H2,1-5H3. The largest absolute Gasteiger partial charge is 0.0733 e. The molecule has 0 aliphatic heterocycles. The minimum absolute atomic E-state index is 0.0106. The third-order valence-electron chi connectivity index (χ3n) is 4.09. The van der Waals surface area contributed by atoms with Gasteiger partial charge in [-0.1, -0.05) is 90.5 Å². The second kappa shape index (κ2) is 9.46. The van der Waals surface area contributed by atoms with E-state index in [0.29, 0.717) is 0 Å². The summed E-state index contributed by atoms with van der Waals surface area (Å²) < 4.78 is 0. The molecule has 97 valence electrons. The van der Waals surface area contributed by atoms with Crippen molar-refractivity contribution in [2.45, 2.75) is 90.5 Å². The van der Waals surface area contributed by atoms with Crippen LogP contribution >= 0.6 is 0 Å². The first-order chi connectivity index (χ1) is 7.63. The molecule has 1 radical (unpaired) electrons. The Kier molecular flexibility index (Phi) is 9.72. The van der Waals surface area contributed by atoms with E-state index in [1.54, 1.807) is 18.1 Å². The van der Waals surface area contributed by atoms with Crippen LogP contribution in [0.1, 0.15) is 59.3 Å². The van der Waals surface area contributed by atoms with Crippen LogP contribution in [-0.4, -0.2) is 15.9 Å². The number of unbranched alkanes of at least 4 members (excludes halogenated alkanes) is 3. The topological polar surface area (TPSA) is 0 Å². The number of rotatable bonds is 10. The smallest absolute Gasteiger partial charge is 0.0445 e. The Morgan fingerprint density at radius 1 is 0.688 bits per heavy atom. The van der Waals surface area contributed by atoms with Crippen LogP contribution in [0.4, 0.5) is 0 Å². The van der Waals surface area contributed by atoms with Crippen LogP contribution in [0, 0.1) is 0 Å². The highest BCUT2D eigenvalue weighted by atomic mass is 29.2. The van der Waals surface area contributed by atoms with Crippen LogP contribution in [0.5, 0.6) is 0 Å². The van der Waals surface area contributed by atoms with Crippen molar-refractivity contribution in [3.63, 3.8) is 0 Å². The Labute approximate surface area is 107 Å². The molecule has 0 N–H and O–H groups in total. The minimum atomic E-state index is -0.834. The fraction of sp³-hybridized carbons (Fsp3) is 1.00. The molecular weight excluding hydrogens is 224 g/mol. The van der Waals surface area contributed by atoms with E-state index in [1.165, 1.54) is 38.5 Å². The molecule has 0 aromatic heterocycles. The van der Waals surface area contributed by atoms with E-state index in [0.717, 1.165) is 0 Å². The molecule has 0 nitrogen and oxygen atoms in total. The molecule has 0 heterocycles. The van der Waals surface area contributed by atoms with Crippen molar-refractivity contribution in [3.05, 3.63) is 0 Å². The SMILES string of the molecule is CCCC[Si](CCCC)(CCCC)[Si](C)C. The first-order valence-electron chi connectivity index (χ1n) is 7.43. The molecule has 0 spiro atoms. The van der Waals surface area contributed by atoms with Gasteiger partial charge in [0.15, 0.2) is 0 Å². The average molecular weight is 258 g/mol. The van der Waals surface area contributed by atoms with Crippen molar-refractivity contribution in [2.24, 2.45) is 0 Å². The van der Waals surface area contributed by atoms with Crippen molar-refractivity contribution in [2.75, 3.05) is 0 Å². The molecule has 0 saturated carbocycles. The van der Waals surface area contributed by atoms with Crippen LogP contribution in [-0.2, 0) is 0 Å². The summed E-state index contributed by atoms with van der Waals surface area (Å²) in [6.07, 6.45) is 8.74. The van der Waals surface area contributed by atoms with Crippen LogP contribution in [0.25, 0.3) is 0 Å². The highest BCUT2D eigenvalue weighted by Gasteiger charge is 2.34. The monoisotopic (exact) mass is 257 g/mol. The molecule has 2 heteroatoms. The van der Waals surface area contributed by atoms with E-state index >= 15 is 0 Å². The molecule has 0 atom stereocenters. The predicted molar refractivity (Wildman–Crippen MR) is 82.4 cm³/mol. The van der Waals surface area contributed by atoms with Crippen molar-refractivity contribution in [3.8, 4) is 0 Å². The Balaban J connectivity index is 4.46. The molecule has 0 aromatic carbocycles. The zero-order chi connectivity index (χ0) is 12.4. The number of hydrogen-bond donors (Lipinski definition) is 0. The summed E-state index contributed by atoms with van der Waals surface area (Å²) in [5.74, 6) is 0. The molecule has 0 aliphatic rings. The van der Waals surface area contributed by atoms with E-state index in [9.17, 15) is 0 Å². The molecule has 0 amide bonds. The third-order valence-corrected chi connectivity index (χ3v) is 18.8. The Morgan fingerprint density at radius 3 is 1.19 bits per heavy atom. The maximum absolute atomic E-state index is 2.61. The second-order valence-electron chi connectivity index (χ2n) is 5.59. The van der Waals surface area contributed by atoms with Crippen LogP contribution < -0.4 is 0 Å². The molecule has 0 fully saturated rings. The van der Waals surface area contributed by atoms with E-state index in [2.05, 4.69) is 33.9 Å². The van der Waals surface area contributed by atoms with Gasteiger partial charge in [0.2, 0.25) is 0 Å². The van der Waals surface area contributed by atoms with E-state index in [1.807, 2.05) is 0 Å². The molecule has 0 bridgehead atoms. The molecule has 0 aliphatic carbocycles. The van der Waals surface area contributed by atoms with E-state index in [-0.39, 0.29) is 8.31 Å². The van der Waals surface area contributed by atoms with Gasteiger partial charge in [-0.15, -0.1) is 0 Å². The van der Waals surface area contributed by atoms with Crippen LogP contribution in [0.2, 0.25) is 31.2 Å². The van der Waals surface area contributed by atoms with Gasteiger partial charge in [-0.2, -0.15) is 0 Å². The molecule has 0 rings (SSSR count). The quantitative estimate of drug-likeness (QED) is 0.442. The Hall–Kier alpha value is 0.434. The van der Waals surface area contributed by atoms with Gasteiger partial charge in [-0.05, 0) is 0 Å². The lowest BCUT2D eigenvalue weighted by Crippen LogP contribution is -2.47. The third kappa shape index (κ3) is 5.67. The first-order valence-corrected chi connectivity index (χ1v) is 13.6. The van der Waals surface area contributed by atoms with Crippen LogP contribution in [0.3, 0.4) is 0 Å². The van der Waals surface area contributed by atoms with Gasteiger partial charge in [-0.25, -0.2) is 0 Å². The van der Waals surface area contributed by atoms with Crippen molar-refractivity contribution < 1.29 is 0 Å². The summed E-state index contributed by atoms with van der Waals surface area (Å²) in [7, 11) is -0.845. The van der Waals surface area contributed by atoms with Gasteiger partial charge in [0.05, 0.1) is 0 Å². The molecule has 0 aromatic rings. The van der Waals surface area contributed by atoms with Crippen molar-refractivity contribution in [1.29, 1.82) is 0 Å². The summed E-state index contributed by atoms with van der Waals surface area (Å²) in [5.41, 5.74) is 0. The lowest BCUT2D eigenvalue weighted by molar-refractivity contribution is 0.804. The summed E-state index contributed by atoms with van der Waals surface area (Å²) in [5, 5.41) is 0. The van der Waals surface area contributed by atoms with Gasteiger partial charge < -0.3 is 0 Å². The highest BCUT2D eigenvalue weighted by molar-refractivity contribution is 7.32. The molecule has 0 unspecified atom stereocenters. The predicted octanol–water partition coefficient (Wildman–Crippen LogP) is 5.67. The Morgan fingerprint density at radius 2 is 1.00 bits per heavy atom. The maximum Gasteiger partial charge on any atom is 0.0445 e. The summed E-state index contributed by atoms with van der Waals surface area (Å²) in [6.45, 7) is 12.3. The molecule has 16 heavy (non-hydrogen) atoms. The zero-order valence-electron chi connectivity index (χ0n) is 12.4. The molecule has 0 saturated heterocycles. The lowest BCUT2D eigenvalue weighted by atomic mass is 10.4. The van der Waals surface area contributed by atoms with Gasteiger partial charge in [0.1, 0.15) is 0 Å². The van der Waals surface area contributed by atoms with E-state index in [4.69, 9.17) is 0 Å². The van der Waals surface area contributed by atoms with Crippen molar-refractivity contribution >= 4 is 15.9 Å². The second-order valence-corrected chi connectivity index (χ2v) is 17.8.